The highest BCUT2D eigenvalue weighted by molar-refractivity contribution is 5.85. The SMILES string of the molecule is O=C(N[C@H](Cc1cccc(OCc2ccccc2)c1)C(=O)O)[C@H]1CCOC1. The van der Waals surface area contributed by atoms with E-state index in [2.05, 4.69) is 5.32 Å². The van der Waals surface area contributed by atoms with Gasteiger partial charge in [-0.25, -0.2) is 4.79 Å². The molecule has 27 heavy (non-hydrogen) atoms. The number of nitrogens with one attached hydrogen (secondary N) is 1. The zero-order valence-corrected chi connectivity index (χ0v) is 15.0. The second-order valence-electron chi connectivity index (χ2n) is 6.59. The number of hydrogen-bond acceptors (Lipinski definition) is 4. The summed E-state index contributed by atoms with van der Waals surface area (Å²) in [6.07, 6.45) is 0.818. The molecule has 0 saturated carbocycles. The Labute approximate surface area is 158 Å². The topological polar surface area (TPSA) is 84.9 Å². The standard InChI is InChI=1S/C21H23NO5/c23-20(17-9-10-26-14-17)22-19(21(24)25)12-16-7-4-8-18(11-16)27-13-15-5-2-1-3-6-15/h1-8,11,17,19H,9-10,12-14H2,(H,22,23)(H,24,25)/t17-,19+/m0/s1. The quantitative estimate of drug-likeness (QED) is 0.746. The van der Waals surface area contributed by atoms with E-state index in [1.54, 1.807) is 0 Å². The van der Waals surface area contributed by atoms with E-state index >= 15 is 0 Å². The minimum atomic E-state index is -1.06. The maximum Gasteiger partial charge on any atom is 0.326 e. The Kier molecular flexibility index (Phi) is 6.44. The Morgan fingerprint density at radius 2 is 1.93 bits per heavy atom. The molecule has 3 rings (SSSR count). The summed E-state index contributed by atoms with van der Waals surface area (Å²) < 4.78 is 11.0. The van der Waals surface area contributed by atoms with Crippen molar-refractivity contribution < 1.29 is 24.2 Å². The number of rotatable bonds is 8. The van der Waals surface area contributed by atoms with Gasteiger partial charge in [-0.15, -0.1) is 0 Å². The summed E-state index contributed by atoms with van der Waals surface area (Å²) in [6, 6.07) is 16.1. The number of hydrogen-bond donors (Lipinski definition) is 2. The first kappa shape index (κ1) is 18.9. The Morgan fingerprint density at radius 3 is 2.63 bits per heavy atom. The molecule has 6 nitrogen and oxygen atoms in total. The lowest BCUT2D eigenvalue weighted by molar-refractivity contribution is -0.142. The van der Waals surface area contributed by atoms with E-state index in [4.69, 9.17) is 9.47 Å². The highest BCUT2D eigenvalue weighted by Gasteiger charge is 2.28. The molecule has 0 aliphatic carbocycles. The summed E-state index contributed by atoms with van der Waals surface area (Å²) >= 11 is 0. The monoisotopic (exact) mass is 369 g/mol. The number of ether oxygens (including phenoxy) is 2. The van der Waals surface area contributed by atoms with E-state index in [0.717, 1.165) is 11.1 Å². The van der Waals surface area contributed by atoms with E-state index < -0.39 is 12.0 Å². The third kappa shape index (κ3) is 5.56. The molecule has 1 aliphatic heterocycles. The molecular weight excluding hydrogens is 346 g/mol. The molecule has 1 heterocycles. The number of carbonyl (C=O) groups excluding carboxylic acids is 1. The van der Waals surface area contributed by atoms with Gasteiger partial charge >= 0.3 is 5.97 Å². The number of amides is 1. The van der Waals surface area contributed by atoms with Crippen LogP contribution >= 0.6 is 0 Å². The largest absolute Gasteiger partial charge is 0.489 e. The molecule has 1 fully saturated rings. The zero-order chi connectivity index (χ0) is 19.1. The highest BCUT2D eigenvalue weighted by Crippen LogP contribution is 2.17. The maximum absolute atomic E-state index is 12.2. The predicted octanol–water partition coefficient (Wildman–Crippen LogP) is 2.41. The lowest BCUT2D eigenvalue weighted by Crippen LogP contribution is -2.45. The van der Waals surface area contributed by atoms with Gasteiger partial charge in [-0.1, -0.05) is 42.5 Å². The number of carbonyl (C=O) groups is 2. The zero-order valence-electron chi connectivity index (χ0n) is 15.0. The van der Waals surface area contributed by atoms with Crippen molar-refractivity contribution in [2.45, 2.75) is 25.5 Å². The van der Waals surface area contributed by atoms with Gasteiger partial charge in [0.05, 0.1) is 12.5 Å². The first-order chi connectivity index (χ1) is 13.1. The van der Waals surface area contributed by atoms with Crippen molar-refractivity contribution >= 4 is 11.9 Å². The smallest absolute Gasteiger partial charge is 0.326 e. The van der Waals surface area contributed by atoms with Crippen LogP contribution in [0.5, 0.6) is 5.75 Å². The van der Waals surface area contributed by atoms with E-state index in [-0.39, 0.29) is 18.2 Å². The van der Waals surface area contributed by atoms with Crippen LogP contribution in [0.2, 0.25) is 0 Å². The molecule has 2 atom stereocenters. The van der Waals surface area contributed by atoms with Crippen molar-refractivity contribution in [1.29, 1.82) is 0 Å². The fourth-order valence-corrected chi connectivity index (χ4v) is 2.97. The van der Waals surface area contributed by atoms with Gasteiger partial charge in [0.15, 0.2) is 0 Å². The van der Waals surface area contributed by atoms with Gasteiger partial charge in [-0.2, -0.15) is 0 Å². The van der Waals surface area contributed by atoms with Crippen LogP contribution in [0.25, 0.3) is 0 Å². The van der Waals surface area contributed by atoms with Crippen molar-refractivity contribution in [3.8, 4) is 5.75 Å². The molecule has 0 aromatic heterocycles. The normalized spacial score (nSPS) is 17.3. The predicted molar refractivity (Wildman–Crippen MR) is 99.4 cm³/mol. The van der Waals surface area contributed by atoms with Crippen LogP contribution in [-0.2, 0) is 27.4 Å². The third-order valence-electron chi connectivity index (χ3n) is 4.50. The minimum Gasteiger partial charge on any atom is -0.489 e. The number of carboxylic acid groups (broad SMARTS) is 1. The fourth-order valence-electron chi connectivity index (χ4n) is 2.97. The van der Waals surface area contributed by atoms with E-state index in [9.17, 15) is 14.7 Å². The molecule has 142 valence electrons. The number of benzene rings is 2. The molecule has 2 N–H and O–H groups in total. The Morgan fingerprint density at radius 1 is 1.15 bits per heavy atom. The van der Waals surface area contributed by atoms with Crippen molar-refractivity contribution in [2.75, 3.05) is 13.2 Å². The molecule has 0 spiro atoms. The lowest BCUT2D eigenvalue weighted by atomic mass is 10.0. The molecular formula is C21H23NO5. The Hall–Kier alpha value is -2.86. The van der Waals surface area contributed by atoms with Crippen LogP contribution in [0.3, 0.4) is 0 Å². The number of aliphatic carboxylic acids is 1. The summed E-state index contributed by atoms with van der Waals surface area (Å²) in [4.78, 5) is 23.8. The van der Waals surface area contributed by atoms with Gasteiger partial charge in [0.25, 0.3) is 0 Å². The molecule has 2 aromatic rings. The Bertz CT molecular complexity index is 771. The second kappa shape index (κ2) is 9.19. The Balaban J connectivity index is 1.60. The van der Waals surface area contributed by atoms with Crippen LogP contribution in [-0.4, -0.2) is 36.2 Å². The first-order valence-electron chi connectivity index (χ1n) is 8.98. The summed E-state index contributed by atoms with van der Waals surface area (Å²) in [7, 11) is 0. The van der Waals surface area contributed by atoms with E-state index in [1.165, 1.54) is 0 Å². The van der Waals surface area contributed by atoms with Crippen molar-refractivity contribution in [3.63, 3.8) is 0 Å². The van der Waals surface area contributed by atoms with Crippen LogP contribution in [0, 0.1) is 5.92 Å². The molecule has 1 aliphatic rings. The van der Waals surface area contributed by atoms with Gasteiger partial charge in [0.2, 0.25) is 5.91 Å². The average molecular weight is 369 g/mol. The summed E-state index contributed by atoms with van der Waals surface area (Å²) in [5.74, 6) is -0.933. The highest BCUT2D eigenvalue weighted by atomic mass is 16.5. The average Bonchev–Trinajstić information content (AvgIpc) is 3.22. The van der Waals surface area contributed by atoms with E-state index in [1.807, 2.05) is 54.6 Å². The van der Waals surface area contributed by atoms with Crippen molar-refractivity contribution in [1.82, 2.24) is 5.32 Å². The van der Waals surface area contributed by atoms with Gasteiger partial charge in [-0.3, -0.25) is 4.79 Å². The molecule has 0 bridgehead atoms. The second-order valence-corrected chi connectivity index (χ2v) is 6.59. The minimum absolute atomic E-state index is 0.192. The first-order valence-corrected chi connectivity index (χ1v) is 8.98. The van der Waals surface area contributed by atoms with Crippen LogP contribution in [0.4, 0.5) is 0 Å². The van der Waals surface area contributed by atoms with E-state index in [0.29, 0.717) is 32.0 Å². The molecule has 0 radical (unpaired) electrons. The van der Waals surface area contributed by atoms with Crippen molar-refractivity contribution in [3.05, 3.63) is 65.7 Å². The van der Waals surface area contributed by atoms with Crippen LogP contribution in [0.1, 0.15) is 17.5 Å². The fraction of sp³-hybridized carbons (Fsp3) is 0.333. The van der Waals surface area contributed by atoms with Gasteiger partial charge in [-0.05, 0) is 29.7 Å². The van der Waals surface area contributed by atoms with Crippen LogP contribution in [0.15, 0.2) is 54.6 Å². The summed E-state index contributed by atoms with van der Waals surface area (Å²) in [5.41, 5.74) is 1.84. The van der Waals surface area contributed by atoms with Crippen LogP contribution < -0.4 is 10.1 Å². The maximum atomic E-state index is 12.2. The molecule has 6 heteroatoms. The van der Waals surface area contributed by atoms with Gasteiger partial charge in [0, 0.05) is 13.0 Å². The molecule has 2 aromatic carbocycles. The summed E-state index contributed by atoms with van der Waals surface area (Å²) in [5, 5.41) is 12.1. The van der Waals surface area contributed by atoms with Crippen molar-refractivity contribution in [2.24, 2.45) is 5.92 Å². The molecule has 1 saturated heterocycles. The molecule has 1 amide bonds. The van der Waals surface area contributed by atoms with Gasteiger partial charge < -0.3 is 19.9 Å². The third-order valence-corrected chi connectivity index (χ3v) is 4.50. The summed E-state index contributed by atoms with van der Waals surface area (Å²) in [6.45, 7) is 1.32. The molecule has 0 unspecified atom stereocenters. The lowest BCUT2D eigenvalue weighted by Gasteiger charge is -2.17. The van der Waals surface area contributed by atoms with Gasteiger partial charge in [0.1, 0.15) is 18.4 Å². The number of carboxylic acids is 1.